The molecule has 32 heavy (non-hydrogen) atoms. The molecule has 3 aromatic rings. The minimum atomic E-state index is -0.998. The van der Waals surface area contributed by atoms with Gasteiger partial charge in [0.1, 0.15) is 5.69 Å². The molecule has 1 atom stereocenters. The quantitative estimate of drug-likeness (QED) is 0.592. The van der Waals surface area contributed by atoms with E-state index in [2.05, 4.69) is 5.32 Å². The highest BCUT2D eigenvalue weighted by Crippen LogP contribution is 2.34. The molecule has 0 saturated carbocycles. The van der Waals surface area contributed by atoms with Gasteiger partial charge in [0.15, 0.2) is 0 Å². The fourth-order valence-corrected chi connectivity index (χ4v) is 4.49. The normalized spacial score (nSPS) is 18.8. The van der Waals surface area contributed by atoms with Crippen LogP contribution in [0.3, 0.4) is 0 Å². The number of aromatic nitrogens is 1. The van der Waals surface area contributed by atoms with Gasteiger partial charge in [-0.25, -0.2) is 0 Å². The van der Waals surface area contributed by atoms with Crippen LogP contribution < -0.4 is 5.32 Å². The van der Waals surface area contributed by atoms with E-state index >= 15 is 0 Å². The first-order valence-corrected chi connectivity index (χ1v) is 10.9. The monoisotopic (exact) mass is 454 g/mol. The molecule has 1 fully saturated rings. The van der Waals surface area contributed by atoms with Crippen molar-refractivity contribution in [3.05, 3.63) is 69.9 Å². The number of carboxylic acid groups (broad SMARTS) is 1. The predicted octanol–water partition coefficient (Wildman–Crippen LogP) is 4.55. The summed E-state index contributed by atoms with van der Waals surface area (Å²) >= 11 is 6.48. The summed E-state index contributed by atoms with van der Waals surface area (Å²) in [5.74, 6) is -1.10. The number of carboxylic acids is 1. The lowest BCUT2D eigenvalue weighted by molar-refractivity contribution is -0.142. The summed E-state index contributed by atoms with van der Waals surface area (Å²) in [6.45, 7) is 6.17. The van der Waals surface area contributed by atoms with Gasteiger partial charge in [-0.05, 0) is 49.6 Å². The average molecular weight is 455 g/mol. The number of hydrogen-bond acceptors (Lipinski definition) is 3. The zero-order valence-corrected chi connectivity index (χ0v) is 19.4. The number of aliphatic carboxylic acids is 1. The maximum Gasteiger partial charge on any atom is 0.313 e. The smallest absolute Gasteiger partial charge is 0.313 e. The van der Waals surface area contributed by atoms with E-state index in [0.717, 1.165) is 22.0 Å². The number of nitrogens with zero attached hydrogens (tertiary/aromatic N) is 1. The molecule has 1 aliphatic heterocycles. The highest BCUT2D eigenvalue weighted by molar-refractivity contribution is 6.36. The van der Waals surface area contributed by atoms with Gasteiger partial charge in [0.2, 0.25) is 0 Å². The molecule has 1 saturated heterocycles. The summed E-state index contributed by atoms with van der Waals surface area (Å²) in [5, 5.41) is 14.2. The van der Waals surface area contributed by atoms with Gasteiger partial charge in [0.25, 0.3) is 5.91 Å². The van der Waals surface area contributed by atoms with Crippen LogP contribution >= 0.6 is 11.6 Å². The van der Waals surface area contributed by atoms with Crippen molar-refractivity contribution in [2.75, 3.05) is 13.2 Å². The van der Waals surface area contributed by atoms with E-state index in [0.29, 0.717) is 35.9 Å². The number of aryl methyl sites for hydroxylation is 2. The second-order valence-electron chi connectivity index (χ2n) is 9.06. The lowest BCUT2D eigenvalue weighted by Crippen LogP contribution is -2.47. The summed E-state index contributed by atoms with van der Waals surface area (Å²) in [6.07, 6.45) is 0.629. The third kappa shape index (κ3) is 3.57. The zero-order chi connectivity index (χ0) is 23.3. The first kappa shape index (κ1) is 22.4. The minimum Gasteiger partial charge on any atom is -0.481 e. The number of ether oxygens (including phenoxy) is 1. The molecule has 4 rings (SSSR count). The summed E-state index contributed by atoms with van der Waals surface area (Å²) in [4.78, 5) is 25.0. The number of halogens is 1. The van der Waals surface area contributed by atoms with Gasteiger partial charge in [-0.15, -0.1) is 0 Å². The van der Waals surface area contributed by atoms with Crippen molar-refractivity contribution >= 4 is 34.4 Å². The van der Waals surface area contributed by atoms with E-state index in [4.69, 9.17) is 16.3 Å². The average Bonchev–Trinajstić information content (AvgIpc) is 3.36. The summed E-state index contributed by atoms with van der Waals surface area (Å²) in [5.41, 5.74) is 2.28. The Morgan fingerprint density at radius 2 is 1.88 bits per heavy atom. The van der Waals surface area contributed by atoms with Crippen molar-refractivity contribution in [2.45, 2.75) is 38.1 Å². The van der Waals surface area contributed by atoms with Crippen LogP contribution in [0.15, 0.2) is 42.5 Å². The van der Waals surface area contributed by atoms with Crippen molar-refractivity contribution in [2.24, 2.45) is 7.05 Å². The van der Waals surface area contributed by atoms with E-state index in [-0.39, 0.29) is 5.91 Å². The van der Waals surface area contributed by atoms with Crippen molar-refractivity contribution in [3.63, 3.8) is 0 Å². The molecular weight excluding hydrogens is 428 g/mol. The van der Waals surface area contributed by atoms with Crippen molar-refractivity contribution in [3.8, 4) is 0 Å². The molecule has 2 heterocycles. The number of benzene rings is 2. The first-order chi connectivity index (χ1) is 15.1. The molecule has 2 aromatic carbocycles. The number of carbonyl (C=O) groups excluding carboxylic acids is 1. The molecule has 6 nitrogen and oxygen atoms in total. The minimum absolute atomic E-state index is 0.210. The van der Waals surface area contributed by atoms with Crippen LogP contribution in [0.5, 0.6) is 0 Å². The van der Waals surface area contributed by atoms with E-state index in [9.17, 15) is 14.7 Å². The lowest BCUT2D eigenvalue weighted by atomic mass is 9.82. The summed E-state index contributed by atoms with van der Waals surface area (Å²) in [6, 6.07) is 13.1. The molecule has 1 aromatic heterocycles. The van der Waals surface area contributed by atoms with Crippen LogP contribution in [0.1, 0.15) is 47.4 Å². The molecule has 7 heteroatoms. The third-order valence-electron chi connectivity index (χ3n) is 6.65. The Morgan fingerprint density at radius 3 is 2.47 bits per heavy atom. The molecule has 0 radical (unpaired) electrons. The largest absolute Gasteiger partial charge is 0.481 e. The van der Waals surface area contributed by atoms with Gasteiger partial charge in [0, 0.05) is 31.0 Å². The molecule has 168 valence electrons. The Hall–Kier alpha value is -2.83. The van der Waals surface area contributed by atoms with Crippen LogP contribution in [0.4, 0.5) is 0 Å². The maximum absolute atomic E-state index is 13.4. The number of fused-ring (bicyclic) bond motifs is 1. The molecule has 0 spiro atoms. The number of nitrogens with one attached hydrogen (secondary N) is 1. The number of amides is 1. The van der Waals surface area contributed by atoms with Crippen LogP contribution in [-0.2, 0) is 27.5 Å². The number of carbonyl (C=O) groups is 2. The fourth-order valence-electron chi connectivity index (χ4n) is 4.28. The van der Waals surface area contributed by atoms with Crippen molar-refractivity contribution in [1.82, 2.24) is 9.88 Å². The lowest BCUT2D eigenvalue weighted by Gasteiger charge is -2.30. The van der Waals surface area contributed by atoms with Crippen LogP contribution in [0.2, 0.25) is 5.02 Å². The number of rotatable bonds is 5. The van der Waals surface area contributed by atoms with Gasteiger partial charge in [-0.2, -0.15) is 0 Å². The van der Waals surface area contributed by atoms with Crippen LogP contribution in [-0.4, -0.2) is 34.8 Å². The van der Waals surface area contributed by atoms with Crippen molar-refractivity contribution in [1.29, 1.82) is 0 Å². The van der Waals surface area contributed by atoms with Crippen molar-refractivity contribution < 1.29 is 19.4 Å². The first-order valence-electron chi connectivity index (χ1n) is 10.6. The van der Waals surface area contributed by atoms with E-state index in [1.54, 1.807) is 13.8 Å². The summed E-state index contributed by atoms with van der Waals surface area (Å²) in [7, 11) is 1.85. The Kier molecular flexibility index (Phi) is 5.55. The highest BCUT2D eigenvalue weighted by Gasteiger charge is 2.39. The molecule has 1 aliphatic rings. The fraction of sp³-hybridized carbons (Fsp3) is 0.360. The Balaban J connectivity index is 1.68. The van der Waals surface area contributed by atoms with Gasteiger partial charge in [0.05, 0.1) is 22.6 Å². The van der Waals surface area contributed by atoms with E-state index < -0.39 is 16.9 Å². The molecule has 1 amide bonds. The van der Waals surface area contributed by atoms with Gasteiger partial charge < -0.3 is 19.7 Å². The predicted molar refractivity (Wildman–Crippen MR) is 124 cm³/mol. The zero-order valence-electron chi connectivity index (χ0n) is 18.7. The van der Waals surface area contributed by atoms with Gasteiger partial charge >= 0.3 is 5.97 Å². The highest BCUT2D eigenvalue weighted by atomic mass is 35.5. The molecule has 0 bridgehead atoms. The number of hydrogen-bond donors (Lipinski definition) is 2. The second-order valence-corrected chi connectivity index (χ2v) is 9.44. The summed E-state index contributed by atoms with van der Waals surface area (Å²) < 4.78 is 7.52. The van der Waals surface area contributed by atoms with Crippen LogP contribution in [0, 0.1) is 6.92 Å². The second kappa shape index (κ2) is 7.94. The Bertz CT molecular complexity index is 1200. The van der Waals surface area contributed by atoms with Gasteiger partial charge in [-0.1, -0.05) is 41.9 Å². The molecule has 0 aliphatic carbocycles. The Morgan fingerprint density at radius 1 is 1.19 bits per heavy atom. The van der Waals surface area contributed by atoms with E-state index in [1.165, 1.54) is 0 Å². The third-order valence-corrected chi connectivity index (χ3v) is 7.16. The maximum atomic E-state index is 13.4. The standard InChI is InChI=1S/C25H27ClN2O4/c1-15-5-10-19-18(21(15)26)13-20(28(19)4)22(29)27-25(11-12-32-14-25)17-8-6-16(7-9-17)24(2,3)23(30)31/h5-10,13H,11-12,14H2,1-4H3,(H,27,29)(H,30,31). The topological polar surface area (TPSA) is 80.6 Å². The molecular formula is C25H27ClN2O4. The van der Waals surface area contributed by atoms with Crippen LogP contribution in [0.25, 0.3) is 10.9 Å². The SMILES string of the molecule is Cc1ccc2c(cc(C(=O)NC3(c4ccc(C(C)(C)C(=O)O)cc4)CCOC3)n2C)c1Cl. The Labute approximate surface area is 192 Å². The van der Waals surface area contributed by atoms with Gasteiger partial charge in [-0.3, -0.25) is 9.59 Å². The molecule has 1 unspecified atom stereocenters. The van der Waals surface area contributed by atoms with E-state index in [1.807, 2.05) is 61.0 Å². The molecule has 2 N–H and O–H groups in total.